The molecule has 0 aliphatic rings. The molecule has 140 valence electrons. The third-order valence-corrected chi connectivity index (χ3v) is 3.97. The van der Waals surface area contributed by atoms with Gasteiger partial charge in [-0.2, -0.15) is 5.10 Å². The Morgan fingerprint density at radius 2 is 2.15 bits per heavy atom. The third-order valence-electron chi connectivity index (χ3n) is 3.62. The van der Waals surface area contributed by atoms with Gasteiger partial charge in [-0.1, -0.05) is 17.7 Å². The number of ether oxygens (including phenoxy) is 1. The van der Waals surface area contributed by atoms with Crippen LogP contribution in [0.5, 0.6) is 0 Å². The summed E-state index contributed by atoms with van der Waals surface area (Å²) >= 11 is 5.88. The average molecular weight is 392 g/mol. The lowest BCUT2D eigenvalue weighted by Gasteiger charge is -2.07. The Hall–Kier alpha value is -3.13. The van der Waals surface area contributed by atoms with Crippen molar-refractivity contribution >= 4 is 29.2 Å². The molecule has 2 aromatic heterocycles. The number of amides is 1. The number of Topliss-reactive ketones (excluding diaryl/α,β-unsaturated/α-hetero) is 1. The van der Waals surface area contributed by atoms with Crippen molar-refractivity contribution in [1.82, 2.24) is 9.78 Å². The molecular formula is C18H15ClFN3O4. The number of benzene rings is 1. The van der Waals surface area contributed by atoms with Gasteiger partial charge in [0.05, 0.1) is 23.5 Å². The number of carbonyl (C=O) groups is 2. The summed E-state index contributed by atoms with van der Waals surface area (Å²) in [6.07, 6.45) is 2.21. The van der Waals surface area contributed by atoms with Crippen LogP contribution in [0.2, 0.25) is 5.02 Å². The van der Waals surface area contributed by atoms with Crippen LogP contribution in [0.25, 0.3) is 0 Å². The minimum absolute atomic E-state index is 0.101. The number of nitrogens with zero attached hydrogens (tertiary/aromatic N) is 2. The Bertz CT molecular complexity index is 962. The second kappa shape index (κ2) is 8.05. The summed E-state index contributed by atoms with van der Waals surface area (Å²) in [6, 6.07) is 7.48. The molecule has 0 aliphatic heterocycles. The van der Waals surface area contributed by atoms with Crippen LogP contribution in [-0.4, -0.2) is 21.7 Å². The lowest BCUT2D eigenvalue weighted by Crippen LogP contribution is -2.13. The number of anilines is 1. The van der Waals surface area contributed by atoms with Gasteiger partial charge in [-0.05, 0) is 24.3 Å². The molecule has 0 saturated carbocycles. The number of aromatic nitrogens is 2. The maximum absolute atomic E-state index is 13.7. The number of nitrogens with one attached hydrogen (secondary N) is 1. The van der Waals surface area contributed by atoms with Gasteiger partial charge in [0.2, 0.25) is 0 Å². The van der Waals surface area contributed by atoms with E-state index < -0.39 is 11.9 Å². The topological polar surface area (TPSA) is 86.4 Å². The van der Waals surface area contributed by atoms with Crippen molar-refractivity contribution < 1.29 is 23.1 Å². The number of hydrogen-bond donors (Lipinski definition) is 1. The highest BCUT2D eigenvalue weighted by Crippen LogP contribution is 2.20. The first-order valence-corrected chi connectivity index (χ1v) is 8.29. The number of rotatable bonds is 6. The van der Waals surface area contributed by atoms with Crippen LogP contribution in [0, 0.1) is 5.82 Å². The maximum atomic E-state index is 13.7. The van der Waals surface area contributed by atoms with Gasteiger partial charge in [-0.15, -0.1) is 0 Å². The maximum Gasteiger partial charge on any atom is 0.412 e. The lowest BCUT2D eigenvalue weighted by molar-refractivity contribution is 0.0985. The van der Waals surface area contributed by atoms with Crippen LogP contribution in [0.15, 0.2) is 47.1 Å². The number of carbonyl (C=O) groups excluding carboxylic acids is 2. The van der Waals surface area contributed by atoms with E-state index in [0.29, 0.717) is 11.4 Å². The van der Waals surface area contributed by atoms with E-state index in [1.807, 2.05) is 0 Å². The molecule has 9 heteroatoms. The van der Waals surface area contributed by atoms with E-state index in [9.17, 15) is 14.0 Å². The van der Waals surface area contributed by atoms with Crippen molar-refractivity contribution in [2.24, 2.45) is 0 Å². The third kappa shape index (κ3) is 4.73. The Kier molecular flexibility index (Phi) is 5.56. The van der Waals surface area contributed by atoms with Crippen LogP contribution in [0.1, 0.15) is 28.8 Å². The van der Waals surface area contributed by atoms with Crippen LogP contribution < -0.4 is 5.32 Å². The molecule has 1 N–H and O–H groups in total. The van der Waals surface area contributed by atoms with Gasteiger partial charge in [0.1, 0.15) is 18.2 Å². The van der Waals surface area contributed by atoms with E-state index in [2.05, 4.69) is 10.4 Å². The van der Waals surface area contributed by atoms with Crippen LogP contribution in [0.4, 0.5) is 14.9 Å². The predicted molar refractivity (Wildman–Crippen MR) is 95.3 cm³/mol. The van der Waals surface area contributed by atoms with Gasteiger partial charge in [0.15, 0.2) is 11.5 Å². The minimum atomic E-state index is -0.772. The fourth-order valence-corrected chi connectivity index (χ4v) is 2.51. The average Bonchev–Trinajstić information content (AvgIpc) is 3.24. The van der Waals surface area contributed by atoms with Crippen molar-refractivity contribution in [1.29, 1.82) is 0 Å². The first-order valence-electron chi connectivity index (χ1n) is 7.91. The Balaban J connectivity index is 1.55. The summed E-state index contributed by atoms with van der Waals surface area (Å²) in [4.78, 5) is 23.1. The molecule has 3 aromatic rings. The van der Waals surface area contributed by atoms with E-state index >= 15 is 0 Å². The van der Waals surface area contributed by atoms with Crippen molar-refractivity contribution in [2.75, 3.05) is 5.32 Å². The van der Waals surface area contributed by atoms with E-state index in [-0.39, 0.29) is 35.3 Å². The predicted octanol–water partition coefficient (Wildman–Crippen LogP) is 4.27. The highest BCUT2D eigenvalue weighted by atomic mass is 35.5. The zero-order chi connectivity index (χ0) is 19.4. The molecule has 1 amide bonds. The highest BCUT2D eigenvalue weighted by molar-refractivity contribution is 6.31. The second-order valence-corrected chi connectivity index (χ2v) is 6.06. The SMILES string of the molecule is CC(=O)c1ccc(Cn2cc(NC(=O)OCc3c(F)cccc3Cl)cn2)o1. The molecule has 0 saturated heterocycles. The normalized spacial score (nSPS) is 10.6. The molecule has 0 aliphatic carbocycles. The molecule has 0 spiro atoms. The van der Waals surface area contributed by atoms with Crippen molar-refractivity contribution in [3.8, 4) is 0 Å². The number of hydrogen-bond acceptors (Lipinski definition) is 5. The Morgan fingerprint density at radius 3 is 2.85 bits per heavy atom. The highest BCUT2D eigenvalue weighted by Gasteiger charge is 2.12. The molecule has 0 radical (unpaired) electrons. The molecular weight excluding hydrogens is 377 g/mol. The molecule has 0 unspecified atom stereocenters. The van der Waals surface area contributed by atoms with E-state index in [4.69, 9.17) is 20.8 Å². The molecule has 3 rings (SSSR count). The Morgan fingerprint density at radius 1 is 1.33 bits per heavy atom. The van der Waals surface area contributed by atoms with Gasteiger partial charge in [0.25, 0.3) is 0 Å². The summed E-state index contributed by atoms with van der Waals surface area (Å²) in [5, 5.41) is 6.75. The first kappa shape index (κ1) is 18.7. The van der Waals surface area contributed by atoms with Gasteiger partial charge in [-0.3, -0.25) is 14.8 Å². The number of ketones is 1. The first-order chi connectivity index (χ1) is 12.9. The Labute approximate surface area is 158 Å². The van der Waals surface area contributed by atoms with Crippen molar-refractivity contribution in [2.45, 2.75) is 20.1 Å². The summed E-state index contributed by atoms with van der Waals surface area (Å²) < 4.78 is 25.5. The minimum Gasteiger partial charge on any atom is -0.456 e. The molecule has 27 heavy (non-hydrogen) atoms. The molecule has 0 atom stereocenters. The van der Waals surface area contributed by atoms with Gasteiger partial charge < -0.3 is 9.15 Å². The summed E-state index contributed by atoms with van der Waals surface area (Å²) in [6.45, 7) is 1.40. The van der Waals surface area contributed by atoms with Crippen LogP contribution >= 0.6 is 11.6 Å². The number of halogens is 2. The van der Waals surface area contributed by atoms with Crippen LogP contribution in [-0.2, 0) is 17.9 Å². The largest absolute Gasteiger partial charge is 0.456 e. The van der Waals surface area contributed by atoms with Crippen molar-refractivity contribution in [3.05, 3.63) is 70.6 Å². The summed E-state index contributed by atoms with van der Waals surface area (Å²) in [7, 11) is 0. The van der Waals surface area contributed by atoms with Gasteiger partial charge in [0, 0.05) is 18.7 Å². The fraction of sp³-hybridized carbons (Fsp3) is 0.167. The fourth-order valence-electron chi connectivity index (χ4n) is 2.29. The molecule has 7 nitrogen and oxygen atoms in total. The summed E-state index contributed by atoms with van der Waals surface area (Å²) in [5.41, 5.74) is 0.488. The van der Waals surface area contributed by atoms with E-state index in [0.717, 1.165) is 0 Å². The standard InChI is InChI=1S/C18H15ClFN3O4/c1-11(24)17-6-5-13(27-17)9-23-8-12(7-21-23)22-18(25)26-10-14-15(19)3-2-4-16(14)20/h2-8H,9-10H2,1H3,(H,22,25). The van der Waals surface area contributed by atoms with Crippen LogP contribution in [0.3, 0.4) is 0 Å². The van der Waals surface area contributed by atoms with E-state index in [1.165, 1.54) is 36.0 Å². The second-order valence-electron chi connectivity index (χ2n) is 5.65. The zero-order valence-electron chi connectivity index (χ0n) is 14.2. The quantitative estimate of drug-likeness (QED) is 0.634. The monoisotopic (exact) mass is 391 g/mol. The van der Waals surface area contributed by atoms with Crippen molar-refractivity contribution in [3.63, 3.8) is 0 Å². The molecule has 2 heterocycles. The lowest BCUT2D eigenvalue weighted by atomic mass is 10.2. The van der Waals surface area contributed by atoms with E-state index in [1.54, 1.807) is 18.3 Å². The van der Waals surface area contributed by atoms with Gasteiger partial charge in [-0.25, -0.2) is 9.18 Å². The zero-order valence-corrected chi connectivity index (χ0v) is 15.0. The molecule has 0 fully saturated rings. The summed E-state index contributed by atoms with van der Waals surface area (Å²) in [5.74, 6) is 0.103. The number of furan rings is 1. The molecule has 0 bridgehead atoms. The van der Waals surface area contributed by atoms with Gasteiger partial charge >= 0.3 is 6.09 Å². The molecule has 1 aromatic carbocycles. The smallest absolute Gasteiger partial charge is 0.412 e.